The van der Waals surface area contributed by atoms with E-state index in [2.05, 4.69) is 19.8 Å². The fraction of sp³-hybridized carbons (Fsp3) is 0.441. The van der Waals surface area contributed by atoms with Gasteiger partial charge in [-0.2, -0.15) is 4.31 Å². The van der Waals surface area contributed by atoms with E-state index in [0.29, 0.717) is 49.1 Å². The molecular formula is C34H43N5O7S2. The van der Waals surface area contributed by atoms with Crippen molar-refractivity contribution in [2.45, 2.75) is 48.3 Å². The SMILES string of the molecule is COc1ccccc1NS(=O)(=O)c1cc(NC(=O)c2cc(S(=O)(=O)N3CCOCC3)ccc2N2CCCCC2)ccc1N1CCCCC1. The molecule has 2 N–H and O–H groups in total. The van der Waals surface area contributed by atoms with E-state index >= 15 is 0 Å². The maximum Gasteiger partial charge on any atom is 0.264 e. The number of anilines is 4. The first-order chi connectivity index (χ1) is 23.2. The number of piperidine rings is 2. The van der Waals surface area contributed by atoms with E-state index < -0.39 is 26.0 Å². The molecule has 0 bridgehead atoms. The number of carbonyl (C=O) groups excluding carboxylic acids is 1. The molecule has 0 radical (unpaired) electrons. The molecule has 6 rings (SSSR count). The van der Waals surface area contributed by atoms with E-state index in [9.17, 15) is 21.6 Å². The van der Waals surface area contributed by atoms with E-state index in [1.165, 1.54) is 23.5 Å². The van der Waals surface area contributed by atoms with Gasteiger partial charge in [-0.3, -0.25) is 9.52 Å². The smallest absolute Gasteiger partial charge is 0.264 e. The quantitative estimate of drug-likeness (QED) is 0.308. The number of rotatable bonds is 10. The molecule has 48 heavy (non-hydrogen) atoms. The van der Waals surface area contributed by atoms with Gasteiger partial charge < -0.3 is 24.6 Å². The van der Waals surface area contributed by atoms with Gasteiger partial charge in [0.1, 0.15) is 10.6 Å². The van der Waals surface area contributed by atoms with Gasteiger partial charge in [-0.15, -0.1) is 0 Å². The van der Waals surface area contributed by atoms with Crippen molar-refractivity contribution in [3.05, 3.63) is 66.2 Å². The summed E-state index contributed by atoms with van der Waals surface area (Å²) >= 11 is 0. The molecule has 0 saturated carbocycles. The minimum atomic E-state index is -4.14. The average Bonchev–Trinajstić information content (AvgIpc) is 3.12. The first kappa shape index (κ1) is 34.0. The summed E-state index contributed by atoms with van der Waals surface area (Å²) in [5.74, 6) is -0.149. The van der Waals surface area contributed by atoms with Crippen LogP contribution in [0.25, 0.3) is 0 Å². The van der Waals surface area contributed by atoms with Crippen LogP contribution in [0.2, 0.25) is 0 Å². The number of methoxy groups -OCH3 is 1. The number of nitrogens with zero attached hydrogens (tertiary/aromatic N) is 3. The summed E-state index contributed by atoms with van der Waals surface area (Å²) in [6, 6.07) is 16.4. The summed E-state index contributed by atoms with van der Waals surface area (Å²) in [7, 11) is -6.53. The maximum absolute atomic E-state index is 14.1. The fourth-order valence-corrected chi connectivity index (χ4v) is 9.29. The minimum Gasteiger partial charge on any atom is -0.495 e. The van der Waals surface area contributed by atoms with Crippen molar-refractivity contribution in [2.75, 3.05) is 79.4 Å². The van der Waals surface area contributed by atoms with Crippen molar-refractivity contribution in [2.24, 2.45) is 0 Å². The number of sulfonamides is 2. The molecule has 3 aliphatic rings. The monoisotopic (exact) mass is 697 g/mol. The van der Waals surface area contributed by atoms with Crippen LogP contribution in [0.4, 0.5) is 22.7 Å². The van der Waals surface area contributed by atoms with Gasteiger partial charge in [0, 0.05) is 50.6 Å². The largest absolute Gasteiger partial charge is 0.495 e. The lowest BCUT2D eigenvalue weighted by Gasteiger charge is -2.31. The van der Waals surface area contributed by atoms with Gasteiger partial charge >= 0.3 is 0 Å². The van der Waals surface area contributed by atoms with Crippen LogP contribution in [0.1, 0.15) is 48.9 Å². The van der Waals surface area contributed by atoms with Crippen LogP contribution in [0.3, 0.4) is 0 Å². The Balaban J connectivity index is 1.36. The molecule has 12 nitrogen and oxygen atoms in total. The Hall–Kier alpha value is -3.85. The third-order valence-corrected chi connectivity index (χ3v) is 12.4. The summed E-state index contributed by atoms with van der Waals surface area (Å²) in [5, 5.41) is 2.90. The zero-order valence-corrected chi connectivity index (χ0v) is 28.8. The zero-order valence-electron chi connectivity index (χ0n) is 27.2. The van der Waals surface area contributed by atoms with Gasteiger partial charge in [0.25, 0.3) is 15.9 Å². The van der Waals surface area contributed by atoms with Gasteiger partial charge in [-0.05, 0) is 87.1 Å². The Kier molecular flexibility index (Phi) is 10.4. The number of benzene rings is 3. The number of nitrogens with one attached hydrogen (secondary N) is 2. The fourth-order valence-electron chi connectivity index (χ4n) is 6.53. The normalized spacial score (nSPS) is 17.9. The standard InChI is InChI=1S/C34H43N5O7S2/c1-45-32-11-5-4-10-29(32)36-47(41,42)33-24-26(12-14-31(33)38-18-8-3-9-19-38)35-34(40)28-25-27(48(43,44)39-20-22-46-23-21-39)13-15-30(28)37-16-6-2-7-17-37/h4-5,10-15,24-25,36H,2-3,6-9,16-23H2,1H3,(H,35,40). The third-order valence-electron chi connectivity index (χ3n) is 9.07. The number of hydrogen-bond acceptors (Lipinski definition) is 9. The molecule has 0 atom stereocenters. The van der Waals surface area contributed by atoms with Crippen LogP contribution in [0.5, 0.6) is 5.75 Å². The highest BCUT2D eigenvalue weighted by Crippen LogP contribution is 2.35. The number of ether oxygens (including phenoxy) is 2. The molecule has 1 amide bonds. The maximum atomic E-state index is 14.1. The molecular weight excluding hydrogens is 655 g/mol. The van der Waals surface area contributed by atoms with Crippen LogP contribution in [0.15, 0.2) is 70.5 Å². The molecule has 3 aliphatic heterocycles. The molecule has 0 spiro atoms. The molecule has 0 aromatic heterocycles. The predicted octanol–water partition coefficient (Wildman–Crippen LogP) is 4.75. The molecule has 0 unspecified atom stereocenters. The van der Waals surface area contributed by atoms with Crippen LogP contribution in [0, 0.1) is 0 Å². The van der Waals surface area contributed by atoms with Crippen molar-refractivity contribution in [1.29, 1.82) is 0 Å². The van der Waals surface area contributed by atoms with Gasteiger partial charge in [0.15, 0.2) is 0 Å². The Bertz CT molecular complexity index is 1830. The summed E-state index contributed by atoms with van der Waals surface area (Å²) in [6.45, 7) is 4.02. The second-order valence-corrected chi connectivity index (χ2v) is 15.8. The number of morpholine rings is 1. The first-order valence-electron chi connectivity index (χ1n) is 16.5. The Morgan fingerprint density at radius 1 is 0.750 bits per heavy atom. The lowest BCUT2D eigenvalue weighted by Crippen LogP contribution is -2.40. The molecule has 0 aliphatic carbocycles. The number of hydrogen-bond donors (Lipinski definition) is 2. The molecule has 3 fully saturated rings. The summed E-state index contributed by atoms with van der Waals surface area (Å²) < 4.78 is 70.0. The Morgan fingerprint density at radius 2 is 1.38 bits per heavy atom. The van der Waals surface area contributed by atoms with Crippen molar-refractivity contribution in [3.63, 3.8) is 0 Å². The van der Waals surface area contributed by atoms with Crippen molar-refractivity contribution < 1.29 is 31.1 Å². The summed E-state index contributed by atoms with van der Waals surface area (Å²) in [4.78, 5) is 18.3. The van der Waals surface area contributed by atoms with E-state index in [-0.39, 0.29) is 34.1 Å². The second kappa shape index (κ2) is 14.7. The lowest BCUT2D eigenvalue weighted by atomic mass is 10.1. The van der Waals surface area contributed by atoms with Crippen LogP contribution >= 0.6 is 0 Å². The topological polar surface area (TPSA) is 138 Å². The minimum absolute atomic E-state index is 0.0213. The highest BCUT2D eigenvalue weighted by molar-refractivity contribution is 7.93. The lowest BCUT2D eigenvalue weighted by molar-refractivity contribution is 0.0730. The zero-order chi connectivity index (χ0) is 33.7. The third kappa shape index (κ3) is 7.41. The van der Waals surface area contributed by atoms with Crippen LogP contribution in [-0.4, -0.2) is 86.6 Å². The van der Waals surface area contributed by atoms with E-state index in [0.717, 1.165) is 51.6 Å². The molecule has 3 saturated heterocycles. The second-order valence-electron chi connectivity index (χ2n) is 12.2. The van der Waals surface area contributed by atoms with E-state index in [4.69, 9.17) is 9.47 Å². The molecule has 3 aromatic carbocycles. The summed E-state index contributed by atoms with van der Waals surface area (Å²) in [6.07, 6.45) is 5.99. The van der Waals surface area contributed by atoms with Gasteiger partial charge in [0.05, 0.1) is 42.2 Å². The molecule has 3 aromatic rings. The number of para-hydroxylation sites is 2. The van der Waals surface area contributed by atoms with Gasteiger partial charge in [-0.1, -0.05) is 12.1 Å². The summed E-state index contributed by atoms with van der Waals surface area (Å²) in [5.41, 5.74) is 1.96. The molecule has 14 heteroatoms. The van der Waals surface area contributed by atoms with Crippen LogP contribution < -0.4 is 24.6 Å². The van der Waals surface area contributed by atoms with E-state index in [1.54, 1.807) is 48.5 Å². The van der Waals surface area contributed by atoms with E-state index in [1.807, 2.05) is 0 Å². The predicted molar refractivity (Wildman–Crippen MR) is 186 cm³/mol. The van der Waals surface area contributed by atoms with Crippen molar-refractivity contribution in [3.8, 4) is 5.75 Å². The average molecular weight is 698 g/mol. The van der Waals surface area contributed by atoms with Crippen molar-refractivity contribution >= 4 is 48.7 Å². The Morgan fingerprint density at radius 3 is 2.04 bits per heavy atom. The highest BCUT2D eigenvalue weighted by Gasteiger charge is 2.30. The van der Waals surface area contributed by atoms with Crippen LogP contribution in [-0.2, 0) is 24.8 Å². The Labute approximate surface area is 283 Å². The highest BCUT2D eigenvalue weighted by atomic mass is 32.2. The molecule has 3 heterocycles. The number of carbonyl (C=O) groups is 1. The number of amides is 1. The van der Waals surface area contributed by atoms with Gasteiger partial charge in [0.2, 0.25) is 10.0 Å². The molecule has 258 valence electrons. The van der Waals surface area contributed by atoms with Crippen molar-refractivity contribution in [1.82, 2.24) is 4.31 Å². The van der Waals surface area contributed by atoms with Gasteiger partial charge in [-0.25, -0.2) is 16.8 Å². The first-order valence-corrected chi connectivity index (χ1v) is 19.4.